The molecule has 0 bridgehead atoms. The fourth-order valence-electron chi connectivity index (χ4n) is 6.78. The maximum absolute atomic E-state index is 9.27. The van der Waals surface area contributed by atoms with Gasteiger partial charge < -0.3 is 9.53 Å². The molecule has 2 nitrogen and oxygen atoms in total. The quantitative estimate of drug-likeness (QED) is 0.401. The van der Waals surface area contributed by atoms with Gasteiger partial charge in [0, 0.05) is 5.41 Å². The molecule has 3 aliphatic rings. The van der Waals surface area contributed by atoms with Gasteiger partial charge in [-0.1, -0.05) is 45.6 Å². The standard InChI is InChI=1S/C28H42O2Si/c1-26(2,3)31(6,7)30-21-10-12-22-20(19-21)9-11-24-23(22)13-17-28(5)25(24)14-16-27(28,4)15-8-18-29/h10,12,19,23-25,29H,9,11,13-14,16-18H2,1-7H3/t23-,24-,25+,27-,28+/m1/s1. The number of aliphatic hydroxyl groups excluding tert-OH is 1. The Bertz CT molecular complexity index is 902. The lowest BCUT2D eigenvalue weighted by molar-refractivity contribution is 0.00876. The minimum Gasteiger partial charge on any atom is -0.543 e. The van der Waals surface area contributed by atoms with E-state index in [1.54, 1.807) is 5.56 Å². The van der Waals surface area contributed by atoms with Crippen LogP contribution in [0.1, 0.15) is 83.8 Å². The second kappa shape index (κ2) is 7.67. The van der Waals surface area contributed by atoms with Crippen molar-refractivity contribution in [3.05, 3.63) is 29.3 Å². The topological polar surface area (TPSA) is 29.5 Å². The number of aryl methyl sites for hydroxylation is 1. The molecule has 0 radical (unpaired) electrons. The first-order chi connectivity index (χ1) is 14.4. The summed E-state index contributed by atoms with van der Waals surface area (Å²) in [5, 5.41) is 9.49. The number of hydrogen-bond donors (Lipinski definition) is 1. The van der Waals surface area contributed by atoms with Crippen LogP contribution in [0.5, 0.6) is 5.75 Å². The predicted octanol–water partition coefficient (Wildman–Crippen LogP) is 6.93. The molecule has 4 rings (SSSR count). The zero-order valence-corrected chi connectivity index (χ0v) is 21.8. The SMILES string of the molecule is CC(C)(C)[Si](C)(C)Oc1ccc2c(c1)CC[C@@H]1[C@@H]2CC[C@@]2(C)[C@H]1CC[C@@]2(C)C#CCO. The molecule has 5 atom stereocenters. The average molecular weight is 439 g/mol. The van der Waals surface area contributed by atoms with Gasteiger partial charge in [-0.3, -0.25) is 0 Å². The highest BCUT2D eigenvalue weighted by atomic mass is 28.4. The van der Waals surface area contributed by atoms with E-state index in [-0.39, 0.29) is 22.5 Å². The molecule has 0 spiro atoms. The summed E-state index contributed by atoms with van der Waals surface area (Å²) in [5.74, 6) is 9.79. The van der Waals surface area contributed by atoms with E-state index in [1.165, 1.54) is 44.1 Å². The molecule has 0 unspecified atom stereocenters. The average Bonchev–Trinajstić information content (AvgIpc) is 2.96. The molecule has 1 aromatic rings. The second-order valence-corrected chi connectivity index (χ2v) is 17.2. The van der Waals surface area contributed by atoms with Gasteiger partial charge >= 0.3 is 0 Å². The maximum atomic E-state index is 9.27. The molecule has 1 aromatic carbocycles. The Hall–Kier alpha value is -1.24. The van der Waals surface area contributed by atoms with Crippen molar-refractivity contribution in [3.8, 4) is 17.6 Å². The third-order valence-corrected chi connectivity index (χ3v) is 14.3. The first-order valence-electron chi connectivity index (χ1n) is 12.3. The van der Waals surface area contributed by atoms with E-state index in [2.05, 4.69) is 77.8 Å². The Morgan fingerprint density at radius 1 is 1.13 bits per heavy atom. The van der Waals surface area contributed by atoms with Gasteiger partial charge in [0.05, 0.1) is 0 Å². The molecule has 2 fully saturated rings. The van der Waals surface area contributed by atoms with Gasteiger partial charge in [-0.2, -0.15) is 0 Å². The van der Waals surface area contributed by atoms with E-state index in [0.717, 1.165) is 17.6 Å². The lowest BCUT2D eigenvalue weighted by Gasteiger charge is -2.53. The van der Waals surface area contributed by atoms with E-state index in [9.17, 15) is 5.11 Å². The van der Waals surface area contributed by atoms with Crippen LogP contribution < -0.4 is 4.43 Å². The van der Waals surface area contributed by atoms with Crippen molar-refractivity contribution in [1.82, 2.24) is 0 Å². The highest BCUT2D eigenvalue weighted by Gasteiger charge is 2.59. The summed E-state index contributed by atoms with van der Waals surface area (Å²) < 4.78 is 6.62. The molecule has 0 aliphatic heterocycles. The van der Waals surface area contributed by atoms with Crippen molar-refractivity contribution in [3.63, 3.8) is 0 Å². The van der Waals surface area contributed by atoms with Crippen molar-refractivity contribution >= 4 is 8.32 Å². The number of rotatable bonds is 2. The molecular weight excluding hydrogens is 396 g/mol. The third kappa shape index (κ3) is 3.68. The Morgan fingerprint density at radius 3 is 2.55 bits per heavy atom. The van der Waals surface area contributed by atoms with Crippen LogP contribution in [0.15, 0.2) is 18.2 Å². The highest BCUT2D eigenvalue weighted by Crippen LogP contribution is 2.67. The van der Waals surface area contributed by atoms with Gasteiger partial charge in [-0.25, -0.2) is 0 Å². The summed E-state index contributed by atoms with van der Waals surface area (Å²) in [7, 11) is -1.81. The monoisotopic (exact) mass is 438 g/mol. The minimum atomic E-state index is -1.81. The molecule has 0 saturated heterocycles. The molecule has 1 N–H and O–H groups in total. The fraction of sp³-hybridized carbons (Fsp3) is 0.714. The molecule has 0 aromatic heterocycles. The molecular formula is C28H42O2Si. The van der Waals surface area contributed by atoms with Crippen LogP contribution in [0.2, 0.25) is 18.1 Å². The van der Waals surface area contributed by atoms with E-state index in [1.807, 2.05) is 0 Å². The van der Waals surface area contributed by atoms with Crippen molar-refractivity contribution in [2.45, 2.75) is 97.2 Å². The number of hydrogen-bond acceptors (Lipinski definition) is 2. The van der Waals surface area contributed by atoms with Crippen LogP contribution in [0.25, 0.3) is 0 Å². The van der Waals surface area contributed by atoms with E-state index >= 15 is 0 Å². The number of aliphatic hydroxyl groups is 1. The predicted molar refractivity (Wildman–Crippen MR) is 132 cm³/mol. The Morgan fingerprint density at radius 2 is 1.87 bits per heavy atom. The van der Waals surface area contributed by atoms with Gasteiger partial charge in [-0.05, 0) is 110 Å². The summed E-state index contributed by atoms with van der Waals surface area (Å²) >= 11 is 0. The normalized spacial score (nSPS) is 34.8. The number of fused-ring (bicyclic) bond motifs is 5. The molecule has 170 valence electrons. The zero-order valence-electron chi connectivity index (χ0n) is 20.8. The summed E-state index contributed by atoms with van der Waals surface area (Å²) in [5.41, 5.74) is 3.45. The highest BCUT2D eigenvalue weighted by molar-refractivity contribution is 6.74. The lowest BCUT2D eigenvalue weighted by atomic mass is 9.51. The van der Waals surface area contributed by atoms with Crippen LogP contribution >= 0.6 is 0 Å². The van der Waals surface area contributed by atoms with Crippen LogP contribution in [0.3, 0.4) is 0 Å². The maximum Gasteiger partial charge on any atom is 0.250 e. The molecule has 3 aliphatic carbocycles. The van der Waals surface area contributed by atoms with Gasteiger partial charge in [0.1, 0.15) is 12.4 Å². The summed E-state index contributed by atoms with van der Waals surface area (Å²) in [6, 6.07) is 7.02. The van der Waals surface area contributed by atoms with Crippen molar-refractivity contribution in [2.75, 3.05) is 6.61 Å². The number of benzene rings is 1. The smallest absolute Gasteiger partial charge is 0.250 e. The van der Waals surface area contributed by atoms with E-state index in [4.69, 9.17) is 4.43 Å². The largest absolute Gasteiger partial charge is 0.543 e. The van der Waals surface area contributed by atoms with E-state index < -0.39 is 8.32 Å². The van der Waals surface area contributed by atoms with Crippen LogP contribution in [0.4, 0.5) is 0 Å². The second-order valence-electron chi connectivity index (χ2n) is 12.4. The van der Waals surface area contributed by atoms with Crippen LogP contribution in [0, 0.1) is 34.5 Å². The van der Waals surface area contributed by atoms with Crippen molar-refractivity contribution in [2.24, 2.45) is 22.7 Å². The lowest BCUT2D eigenvalue weighted by Crippen LogP contribution is -2.45. The third-order valence-electron chi connectivity index (χ3n) is 9.93. The summed E-state index contributed by atoms with van der Waals surface area (Å²) in [4.78, 5) is 0. The first kappa shape index (κ1) is 22.9. The van der Waals surface area contributed by atoms with Crippen LogP contribution in [-0.2, 0) is 6.42 Å². The summed E-state index contributed by atoms with van der Waals surface area (Å²) in [6.07, 6.45) is 7.45. The van der Waals surface area contributed by atoms with Gasteiger partial charge in [0.25, 0.3) is 0 Å². The van der Waals surface area contributed by atoms with Gasteiger partial charge in [0.2, 0.25) is 8.32 Å². The fourth-order valence-corrected chi connectivity index (χ4v) is 7.80. The van der Waals surface area contributed by atoms with Crippen molar-refractivity contribution < 1.29 is 9.53 Å². The first-order valence-corrected chi connectivity index (χ1v) is 15.3. The van der Waals surface area contributed by atoms with Gasteiger partial charge in [-0.15, -0.1) is 0 Å². The Labute approximate surface area is 191 Å². The zero-order chi connectivity index (χ0) is 22.7. The molecule has 2 saturated carbocycles. The van der Waals surface area contributed by atoms with Crippen LogP contribution in [-0.4, -0.2) is 20.0 Å². The molecule has 0 heterocycles. The molecule has 0 amide bonds. The van der Waals surface area contributed by atoms with Crippen molar-refractivity contribution in [1.29, 1.82) is 0 Å². The van der Waals surface area contributed by atoms with Gasteiger partial charge in [0.15, 0.2) is 0 Å². The van der Waals surface area contributed by atoms with E-state index in [0.29, 0.717) is 5.92 Å². The Balaban J connectivity index is 1.58. The molecule has 31 heavy (non-hydrogen) atoms. The Kier molecular flexibility index (Phi) is 5.67. The molecule has 3 heteroatoms. The summed E-state index contributed by atoms with van der Waals surface area (Å²) in [6.45, 7) is 16.4. The minimum absolute atomic E-state index is 0.0188.